The lowest BCUT2D eigenvalue weighted by molar-refractivity contribution is 0.122. The topological polar surface area (TPSA) is 47.3 Å². The van der Waals surface area contributed by atoms with Gasteiger partial charge in [-0.3, -0.25) is 11.3 Å². The van der Waals surface area contributed by atoms with E-state index in [0.29, 0.717) is 24.3 Å². The van der Waals surface area contributed by atoms with E-state index in [9.17, 15) is 4.39 Å². The summed E-state index contributed by atoms with van der Waals surface area (Å²) in [6.07, 6.45) is 0. The summed E-state index contributed by atoms with van der Waals surface area (Å²) in [5.41, 5.74) is 3.72. The molecule has 0 aliphatic rings. The standard InChI is InChI=1S/C11H17FN2O/c1-3-15-7-10(14-13)9-6-4-5-8(2)11(9)12/h4-6,10,14H,3,7,13H2,1-2H3. The van der Waals surface area contributed by atoms with E-state index in [1.165, 1.54) is 0 Å². The van der Waals surface area contributed by atoms with Crippen molar-refractivity contribution in [1.82, 2.24) is 5.43 Å². The fourth-order valence-electron chi connectivity index (χ4n) is 1.40. The molecule has 0 amide bonds. The molecule has 1 unspecified atom stereocenters. The summed E-state index contributed by atoms with van der Waals surface area (Å²) in [4.78, 5) is 0. The molecule has 3 nitrogen and oxygen atoms in total. The number of nitrogens with two attached hydrogens (primary N) is 1. The molecule has 1 rings (SSSR count). The van der Waals surface area contributed by atoms with E-state index < -0.39 is 0 Å². The molecule has 0 saturated heterocycles. The van der Waals surface area contributed by atoms with Crippen molar-refractivity contribution >= 4 is 0 Å². The number of halogens is 1. The largest absolute Gasteiger partial charge is 0.380 e. The van der Waals surface area contributed by atoms with Gasteiger partial charge in [-0.15, -0.1) is 0 Å². The number of benzene rings is 1. The summed E-state index contributed by atoms with van der Waals surface area (Å²) in [5, 5.41) is 0. The van der Waals surface area contributed by atoms with Crippen LogP contribution >= 0.6 is 0 Å². The van der Waals surface area contributed by atoms with Crippen molar-refractivity contribution in [3.05, 3.63) is 35.1 Å². The van der Waals surface area contributed by atoms with E-state index in [1.54, 1.807) is 19.1 Å². The molecular formula is C11H17FN2O. The number of ether oxygens (including phenoxy) is 1. The molecule has 15 heavy (non-hydrogen) atoms. The first-order valence-electron chi connectivity index (χ1n) is 4.99. The first-order valence-corrected chi connectivity index (χ1v) is 4.99. The Labute approximate surface area is 89.4 Å². The van der Waals surface area contributed by atoms with Gasteiger partial charge in [0.05, 0.1) is 12.6 Å². The molecule has 0 heterocycles. The molecule has 0 saturated carbocycles. The highest BCUT2D eigenvalue weighted by Gasteiger charge is 2.15. The quantitative estimate of drug-likeness (QED) is 0.576. The fraction of sp³-hybridized carbons (Fsp3) is 0.455. The van der Waals surface area contributed by atoms with Crippen LogP contribution in [0, 0.1) is 12.7 Å². The monoisotopic (exact) mass is 212 g/mol. The average Bonchev–Trinajstić information content (AvgIpc) is 2.25. The summed E-state index contributed by atoms with van der Waals surface area (Å²) in [5.74, 6) is 5.15. The number of nitrogens with one attached hydrogen (secondary N) is 1. The Morgan fingerprint density at radius 1 is 1.53 bits per heavy atom. The molecule has 0 aliphatic heterocycles. The van der Waals surface area contributed by atoms with Gasteiger partial charge in [-0.2, -0.15) is 0 Å². The molecule has 3 N–H and O–H groups in total. The Morgan fingerprint density at radius 3 is 2.87 bits per heavy atom. The predicted molar refractivity (Wildman–Crippen MR) is 57.7 cm³/mol. The Bertz CT molecular complexity index is 317. The number of hydrazine groups is 1. The Morgan fingerprint density at radius 2 is 2.27 bits per heavy atom. The maximum atomic E-state index is 13.7. The van der Waals surface area contributed by atoms with Crippen molar-refractivity contribution < 1.29 is 9.13 Å². The van der Waals surface area contributed by atoms with Gasteiger partial charge in [0.2, 0.25) is 0 Å². The molecule has 0 radical (unpaired) electrons. The van der Waals surface area contributed by atoms with Crippen LogP contribution in [-0.2, 0) is 4.74 Å². The van der Waals surface area contributed by atoms with Crippen molar-refractivity contribution in [1.29, 1.82) is 0 Å². The molecular weight excluding hydrogens is 195 g/mol. The molecule has 0 fully saturated rings. The van der Waals surface area contributed by atoms with Crippen LogP contribution in [0.4, 0.5) is 4.39 Å². The summed E-state index contributed by atoms with van der Waals surface area (Å²) < 4.78 is 18.9. The Balaban J connectivity index is 2.86. The van der Waals surface area contributed by atoms with Gasteiger partial charge in [-0.05, 0) is 19.4 Å². The molecule has 1 aromatic carbocycles. The van der Waals surface area contributed by atoms with E-state index in [-0.39, 0.29) is 11.9 Å². The lowest BCUT2D eigenvalue weighted by atomic mass is 10.0. The molecule has 1 atom stereocenters. The van der Waals surface area contributed by atoms with Crippen LogP contribution in [-0.4, -0.2) is 13.2 Å². The van der Waals surface area contributed by atoms with Gasteiger partial charge in [0.25, 0.3) is 0 Å². The first kappa shape index (κ1) is 12.1. The van der Waals surface area contributed by atoms with Crippen LogP contribution in [0.1, 0.15) is 24.1 Å². The molecule has 0 aliphatic carbocycles. The van der Waals surface area contributed by atoms with Gasteiger partial charge in [-0.1, -0.05) is 18.2 Å². The highest BCUT2D eigenvalue weighted by molar-refractivity contribution is 5.27. The van der Waals surface area contributed by atoms with Gasteiger partial charge < -0.3 is 4.74 Å². The number of hydrogen-bond donors (Lipinski definition) is 2. The smallest absolute Gasteiger partial charge is 0.131 e. The normalized spacial score (nSPS) is 12.8. The lowest BCUT2D eigenvalue weighted by Crippen LogP contribution is -2.32. The number of aryl methyl sites for hydroxylation is 1. The summed E-state index contributed by atoms with van der Waals surface area (Å²) in [6.45, 7) is 4.58. The van der Waals surface area contributed by atoms with Gasteiger partial charge in [0.15, 0.2) is 0 Å². The van der Waals surface area contributed by atoms with Crippen LogP contribution in [0.5, 0.6) is 0 Å². The first-order chi connectivity index (χ1) is 7.20. The zero-order chi connectivity index (χ0) is 11.3. The third-order valence-electron chi connectivity index (χ3n) is 2.29. The second-order valence-corrected chi connectivity index (χ2v) is 3.36. The van der Waals surface area contributed by atoms with E-state index in [4.69, 9.17) is 10.6 Å². The maximum absolute atomic E-state index is 13.7. The van der Waals surface area contributed by atoms with Crippen LogP contribution in [0.2, 0.25) is 0 Å². The zero-order valence-corrected chi connectivity index (χ0v) is 9.09. The van der Waals surface area contributed by atoms with E-state index in [1.807, 2.05) is 13.0 Å². The van der Waals surface area contributed by atoms with Crippen LogP contribution < -0.4 is 11.3 Å². The van der Waals surface area contributed by atoms with Crippen molar-refractivity contribution in [3.8, 4) is 0 Å². The maximum Gasteiger partial charge on any atom is 0.131 e. The Hall–Kier alpha value is -0.970. The minimum Gasteiger partial charge on any atom is -0.380 e. The third-order valence-corrected chi connectivity index (χ3v) is 2.29. The molecule has 84 valence electrons. The highest BCUT2D eigenvalue weighted by Crippen LogP contribution is 2.19. The second-order valence-electron chi connectivity index (χ2n) is 3.36. The number of hydrogen-bond acceptors (Lipinski definition) is 3. The van der Waals surface area contributed by atoms with Gasteiger partial charge in [-0.25, -0.2) is 4.39 Å². The summed E-state index contributed by atoms with van der Waals surface area (Å²) in [7, 11) is 0. The van der Waals surface area contributed by atoms with E-state index in [0.717, 1.165) is 0 Å². The van der Waals surface area contributed by atoms with Crippen molar-refractivity contribution in [3.63, 3.8) is 0 Å². The molecule has 0 spiro atoms. The van der Waals surface area contributed by atoms with Crippen molar-refractivity contribution in [2.75, 3.05) is 13.2 Å². The second kappa shape index (κ2) is 5.80. The molecule has 0 aromatic heterocycles. The van der Waals surface area contributed by atoms with Crippen LogP contribution in [0.15, 0.2) is 18.2 Å². The molecule has 1 aromatic rings. The Kier molecular flexibility index (Phi) is 4.68. The SMILES string of the molecule is CCOCC(NN)c1cccc(C)c1F. The van der Waals surface area contributed by atoms with Crippen molar-refractivity contribution in [2.24, 2.45) is 5.84 Å². The fourth-order valence-corrected chi connectivity index (χ4v) is 1.40. The minimum absolute atomic E-state index is 0.222. The van der Waals surface area contributed by atoms with Crippen molar-refractivity contribution in [2.45, 2.75) is 19.9 Å². The van der Waals surface area contributed by atoms with Gasteiger partial charge in [0.1, 0.15) is 5.82 Å². The summed E-state index contributed by atoms with van der Waals surface area (Å²) >= 11 is 0. The highest BCUT2D eigenvalue weighted by atomic mass is 19.1. The molecule has 4 heteroatoms. The van der Waals surface area contributed by atoms with E-state index in [2.05, 4.69) is 5.43 Å². The number of rotatable bonds is 5. The average molecular weight is 212 g/mol. The molecule has 0 bridgehead atoms. The lowest BCUT2D eigenvalue weighted by Gasteiger charge is -2.17. The van der Waals surface area contributed by atoms with Gasteiger partial charge >= 0.3 is 0 Å². The van der Waals surface area contributed by atoms with Gasteiger partial charge in [0, 0.05) is 12.2 Å². The van der Waals surface area contributed by atoms with Crippen LogP contribution in [0.25, 0.3) is 0 Å². The predicted octanol–water partition coefficient (Wildman–Crippen LogP) is 1.68. The third kappa shape index (κ3) is 2.99. The van der Waals surface area contributed by atoms with E-state index >= 15 is 0 Å². The minimum atomic E-state index is -0.301. The summed E-state index contributed by atoms with van der Waals surface area (Å²) in [6, 6.07) is 4.95. The zero-order valence-electron chi connectivity index (χ0n) is 9.09. The van der Waals surface area contributed by atoms with Crippen LogP contribution in [0.3, 0.4) is 0 Å².